The van der Waals surface area contributed by atoms with Gasteiger partial charge in [-0.25, -0.2) is 0 Å². The maximum atomic E-state index is 6.08. The molecule has 1 aromatic rings. The van der Waals surface area contributed by atoms with Gasteiger partial charge in [-0.3, -0.25) is 0 Å². The summed E-state index contributed by atoms with van der Waals surface area (Å²) in [6, 6.07) is 5.57. The van der Waals surface area contributed by atoms with E-state index in [4.69, 9.17) is 23.2 Å². The number of halogens is 2. The van der Waals surface area contributed by atoms with Crippen LogP contribution in [0.15, 0.2) is 30.4 Å². The third-order valence-electron chi connectivity index (χ3n) is 2.05. The summed E-state index contributed by atoms with van der Waals surface area (Å²) >= 11 is 11.9. The molecule has 0 aliphatic heterocycles. The normalized spacial score (nSPS) is 12.6. The van der Waals surface area contributed by atoms with Gasteiger partial charge < -0.3 is 5.32 Å². The summed E-state index contributed by atoms with van der Waals surface area (Å²) in [6.07, 6.45) is 0. The van der Waals surface area contributed by atoms with Crippen molar-refractivity contribution in [2.24, 2.45) is 0 Å². The van der Waals surface area contributed by atoms with Crippen LogP contribution in [0.25, 0.3) is 0 Å². The lowest BCUT2D eigenvalue weighted by atomic mass is 10.0. The first-order chi connectivity index (χ1) is 6.56. The van der Waals surface area contributed by atoms with Gasteiger partial charge in [0.15, 0.2) is 0 Å². The largest absolute Gasteiger partial charge is 0.310 e. The average molecular weight is 230 g/mol. The van der Waals surface area contributed by atoms with Gasteiger partial charge in [-0.1, -0.05) is 41.4 Å². The lowest BCUT2D eigenvalue weighted by molar-refractivity contribution is 0.680. The Bertz CT molecular complexity index is 347. The van der Waals surface area contributed by atoms with Gasteiger partial charge in [-0.15, -0.1) is 0 Å². The van der Waals surface area contributed by atoms with Gasteiger partial charge in [0.1, 0.15) is 0 Å². The lowest BCUT2D eigenvalue weighted by Crippen LogP contribution is -2.17. The van der Waals surface area contributed by atoms with E-state index in [9.17, 15) is 0 Å². The van der Waals surface area contributed by atoms with Gasteiger partial charge in [0.25, 0.3) is 0 Å². The van der Waals surface area contributed by atoms with Crippen molar-refractivity contribution in [2.45, 2.75) is 13.0 Å². The molecule has 1 unspecified atom stereocenters. The maximum absolute atomic E-state index is 6.08. The molecule has 0 aliphatic rings. The third-order valence-corrected chi connectivity index (χ3v) is 2.62. The van der Waals surface area contributed by atoms with Crippen LogP contribution in [0.1, 0.15) is 18.5 Å². The first-order valence-corrected chi connectivity index (χ1v) is 5.09. The molecule has 1 N–H and O–H groups in total. The van der Waals surface area contributed by atoms with Crippen molar-refractivity contribution in [3.8, 4) is 0 Å². The third kappa shape index (κ3) is 2.50. The van der Waals surface area contributed by atoms with E-state index in [1.165, 1.54) is 0 Å². The number of benzene rings is 1. The highest BCUT2D eigenvalue weighted by Gasteiger charge is 2.13. The molecule has 0 bridgehead atoms. The Kier molecular flexibility index (Phi) is 3.99. The number of nitrogens with one attached hydrogen (secondary N) is 1. The van der Waals surface area contributed by atoms with Crippen molar-refractivity contribution in [3.63, 3.8) is 0 Å². The number of hydrogen-bond donors (Lipinski definition) is 1. The quantitative estimate of drug-likeness (QED) is 0.778. The first kappa shape index (κ1) is 11.6. The zero-order valence-corrected chi connectivity index (χ0v) is 9.78. The van der Waals surface area contributed by atoms with E-state index in [1.54, 1.807) is 6.07 Å². The molecule has 14 heavy (non-hydrogen) atoms. The molecule has 1 nitrogen and oxygen atoms in total. The van der Waals surface area contributed by atoms with E-state index in [0.29, 0.717) is 10.0 Å². The highest BCUT2D eigenvalue weighted by molar-refractivity contribution is 6.35. The molecule has 0 spiro atoms. The fraction of sp³-hybridized carbons (Fsp3) is 0.273. The standard InChI is InChI=1S/C11H13Cl2N/c1-7(2)11(14-3)9-5-4-8(12)6-10(9)13/h4-6,11,14H,1H2,2-3H3. The lowest BCUT2D eigenvalue weighted by Gasteiger charge is -2.18. The number of likely N-dealkylation sites (N-methyl/N-ethyl adjacent to an activating group) is 1. The fourth-order valence-electron chi connectivity index (χ4n) is 1.40. The highest BCUT2D eigenvalue weighted by atomic mass is 35.5. The van der Waals surface area contributed by atoms with Crippen LogP contribution < -0.4 is 5.32 Å². The van der Waals surface area contributed by atoms with Gasteiger partial charge in [0.2, 0.25) is 0 Å². The highest BCUT2D eigenvalue weighted by Crippen LogP contribution is 2.29. The predicted molar refractivity (Wildman–Crippen MR) is 63.1 cm³/mol. The monoisotopic (exact) mass is 229 g/mol. The Labute approximate surface area is 94.7 Å². The molecule has 3 heteroatoms. The van der Waals surface area contributed by atoms with Crippen molar-refractivity contribution in [1.29, 1.82) is 0 Å². The first-order valence-electron chi connectivity index (χ1n) is 4.34. The van der Waals surface area contributed by atoms with Crippen LogP contribution in [0.4, 0.5) is 0 Å². The second-order valence-corrected chi connectivity index (χ2v) is 4.08. The summed E-state index contributed by atoms with van der Waals surface area (Å²) in [5, 5.41) is 4.47. The van der Waals surface area contributed by atoms with E-state index >= 15 is 0 Å². The minimum atomic E-state index is 0.0831. The molecule has 0 aliphatic carbocycles. The smallest absolute Gasteiger partial charge is 0.0543 e. The molecule has 1 aromatic carbocycles. The average Bonchev–Trinajstić information content (AvgIpc) is 2.09. The van der Waals surface area contributed by atoms with Gasteiger partial charge in [0.05, 0.1) is 6.04 Å². The summed E-state index contributed by atoms with van der Waals surface area (Å²) in [4.78, 5) is 0. The van der Waals surface area contributed by atoms with Crippen molar-refractivity contribution < 1.29 is 0 Å². The second kappa shape index (κ2) is 4.83. The van der Waals surface area contributed by atoms with Crippen LogP contribution in [0.2, 0.25) is 10.0 Å². The topological polar surface area (TPSA) is 12.0 Å². The zero-order chi connectivity index (χ0) is 10.7. The Morgan fingerprint density at radius 1 is 1.43 bits per heavy atom. The number of rotatable bonds is 3. The molecule has 0 radical (unpaired) electrons. The van der Waals surface area contributed by atoms with Crippen LogP contribution in [-0.4, -0.2) is 7.05 Å². The minimum absolute atomic E-state index is 0.0831. The van der Waals surface area contributed by atoms with Crippen LogP contribution in [0.5, 0.6) is 0 Å². The van der Waals surface area contributed by atoms with Gasteiger partial charge in [-0.05, 0) is 31.7 Å². The summed E-state index contributed by atoms with van der Waals surface area (Å²) in [7, 11) is 1.88. The molecule has 0 saturated heterocycles. The molecule has 76 valence electrons. The van der Waals surface area contributed by atoms with Crippen molar-refractivity contribution in [1.82, 2.24) is 5.32 Å². The van der Waals surface area contributed by atoms with Crippen LogP contribution in [0, 0.1) is 0 Å². The van der Waals surface area contributed by atoms with Gasteiger partial charge in [0, 0.05) is 10.0 Å². The molecule has 0 aromatic heterocycles. The number of hydrogen-bond acceptors (Lipinski definition) is 1. The molecule has 0 heterocycles. The Balaban J connectivity index is 3.10. The second-order valence-electron chi connectivity index (χ2n) is 3.23. The zero-order valence-electron chi connectivity index (χ0n) is 8.27. The van der Waals surface area contributed by atoms with Gasteiger partial charge >= 0.3 is 0 Å². The molecule has 0 amide bonds. The van der Waals surface area contributed by atoms with E-state index in [-0.39, 0.29) is 6.04 Å². The molecule has 1 rings (SSSR count). The summed E-state index contributed by atoms with van der Waals surface area (Å²) < 4.78 is 0. The molecule has 0 saturated carbocycles. The SMILES string of the molecule is C=C(C)C(NC)c1ccc(Cl)cc1Cl. The van der Waals surface area contributed by atoms with E-state index in [2.05, 4.69) is 11.9 Å². The molecule has 0 fully saturated rings. The van der Waals surface area contributed by atoms with Crippen molar-refractivity contribution in [3.05, 3.63) is 46.0 Å². The van der Waals surface area contributed by atoms with Crippen LogP contribution in [-0.2, 0) is 0 Å². The van der Waals surface area contributed by atoms with E-state index in [0.717, 1.165) is 11.1 Å². The summed E-state index contributed by atoms with van der Waals surface area (Å²) in [6.45, 7) is 5.88. The van der Waals surface area contributed by atoms with Crippen molar-refractivity contribution in [2.75, 3.05) is 7.05 Å². The molecular weight excluding hydrogens is 217 g/mol. The Hall–Kier alpha value is -0.500. The van der Waals surface area contributed by atoms with E-state index in [1.807, 2.05) is 26.1 Å². The molecular formula is C11H13Cl2N. The van der Waals surface area contributed by atoms with Crippen molar-refractivity contribution >= 4 is 23.2 Å². The molecule has 1 atom stereocenters. The van der Waals surface area contributed by atoms with Gasteiger partial charge in [-0.2, -0.15) is 0 Å². The van der Waals surface area contributed by atoms with Crippen LogP contribution >= 0.6 is 23.2 Å². The minimum Gasteiger partial charge on any atom is -0.310 e. The maximum Gasteiger partial charge on any atom is 0.0543 e. The fourth-order valence-corrected chi connectivity index (χ4v) is 1.92. The summed E-state index contributed by atoms with van der Waals surface area (Å²) in [5.41, 5.74) is 2.03. The summed E-state index contributed by atoms with van der Waals surface area (Å²) in [5.74, 6) is 0. The van der Waals surface area contributed by atoms with Crippen LogP contribution in [0.3, 0.4) is 0 Å². The Morgan fingerprint density at radius 2 is 2.07 bits per heavy atom. The predicted octanol–water partition coefficient (Wildman–Crippen LogP) is 3.83. The van der Waals surface area contributed by atoms with E-state index < -0.39 is 0 Å². The Morgan fingerprint density at radius 3 is 2.50 bits per heavy atom.